The Balaban J connectivity index is 1.96. The maximum Gasteiger partial charge on any atom is 0.422 e. The first-order valence-corrected chi connectivity index (χ1v) is 11.0. The Morgan fingerprint density at radius 1 is 1.19 bits per heavy atom. The van der Waals surface area contributed by atoms with Gasteiger partial charge in [-0.15, -0.1) is 0 Å². The zero-order valence-corrected chi connectivity index (χ0v) is 20.5. The third kappa shape index (κ3) is 6.11. The van der Waals surface area contributed by atoms with Crippen molar-refractivity contribution in [1.29, 1.82) is 0 Å². The van der Waals surface area contributed by atoms with Crippen molar-refractivity contribution >= 4 is 57.7 Å². The summed E-state index contributed by atoms with van der Waals surface area (Å²) in [7, 11) is 0. The van der Waals surface area contributed by atoms with E-state index in [0.29, 0.717) is 5.56 Å². The lowest BCUT2D eigenvalue weighted by molar-refractivity contribution is -0.153. The molecule has 194 valence electrons. The average Bonchev–Trinajstić information content (AvgIpc) is 3.16. The van der Waals surface area contributed by atoms with Gasteiger partial charge in [-0.3, -0.25) is 4.79 Å². The maximum absolute atomic E-state index is 15.0. The number of hydrogen-bond acceptors (Lipinski definition) is 5. The molecular formula is C22H20Cl2F4N4O4. The number of nitrogens with zero attached hydrogens (tertiary/aromatic N) is 1. The van der Waals surface area contributed by atoms with Gasteiger partial charge in [-0.25, -0.2) is 14.2 Å². The number of alkyl halides is 3. The standard InChI is InChI=1S/C22H20Cl2F4N4O4/c1-21(2,3)19(35)29-7-9-4-5-11(23)15(13(9)24)31-20-30-12-6-10(18(33)34)17(14(25)16(12)32-20)36-8-22(26,27)28/h4-6H,7-8H2,1-3H3,(H,29,35)(H,33,34)(H2,30,31,32). The molecule has 0 aliphatic carbocycles. The number of hydrogen-bond donors (Lipinski definition) is 4. The SMILES string of the molecule is CC(C)(C)C(=O)NCc1ccc(Cl)c(Nc2nc3c(F)c(OCC(F)(F)F)c(C(=O)O)cc3[nH]2)c1Cl. The van der Waals surface area contributed by atoms with Crippen molar-refractivity contribution in [2.45, 2.75) is 33.5 Å². The highest BCUT2D eigenvalue weighted by Gasteiger charge is 2.31. The number of carboxylic acids is 1. The fourth-order valence-corrected chi connectivity index (χ4v) is 3.55. The molecule has 0 fully saturated rings. The highest BCUT2D eigenvalue weighted by Crippen LogP contribution is 2.37. The Hall–Kier alpha value is -3.25. The van der Waals surface area contributed by atoms with Gasteiger partial charge in [-0.1, -0.05) is 50.0 Å². The average molecular weight is 551 g/mol. The van der Waals surface area contributed by atoms with E-state index in [2.05, 4.69) is 25.3 Å². The van der Waals surface area contributed by atoms with Gasteiger partial charge in [-0.2, -0.15) is 13.2 Å². The van der Waals surface area contributed by atoms with Crippen LogP contribution in [0, 0.1) is 11.2 Å². The largest absolute Gasteiger partial charge is 0.480 e. The Morgan fingerprint density at radius 2 is 1.86 bits per heavy atom. The number of ether oxygens (including phenoxy) is 1. The molecule has 0 bridgehead atoms. The molecule has 0 atom stereocenters. The summed E-state index contributed by atoms with van der Waals surface area (Å²) in [4.78, 5) is 30.2. The predicted molar refractivity (Wildman–Crippen MR) is 126 cm³/mol. The van der Waals surface area contributed by atoms with Crippen molar-refractivity contribution in [2.75, 3.05) is 11.9 Å². The quantitative estimate of drug-likeness (QED) is 0.266. The van der Waals surface area contributed by atoms with Crippen molar-refractivity contribution in [3.05, 3.63) is 45.2 Å². The molecule has 8 nitrogen and oxygen atoms in total. The lowest BCUT2D eigenvalue weighted by Gasteiger charge is -2.19. The number of aromatic nitrogens is 2. The van der Waals surface area contributed by atoms with Crippen molar-refractivity contribution in [2.24, 2.45) is 5.41 Å². The van der Waals surface area contributed by atoms with Crippen LogP contribution in [0.5, 0.6) is 5.75 Å². The Bertz CT molecular complexity index is 1340. The van der Waals surface area contributed by atoms with Crippen LogP contribution >= 0.6 is 23.2 Å². The highest BCUT2D eigenvalue weighted by molar-refractivity contribution is 6.39. The van der Waals surface area contributed by atoms with E-state index in [-0.39, 0.29) is 39.6 Å². The molecule has 2 aromatic carbocycles. The molecule has 0 aliphatic rings. The van der Waals surface area contributed by atoms with Crippen LogP contribution in [0.2, 0.25) is 10.0 Å². The highest BCUT2D eigenvalue weighted by atomic mass is 35.5. The van der Waals surface area contributed by atoms with E-state index in [4.69, 9.17) is 23.2 Å². The molecule has 1 aromatic heterocycles. The van der Waals surface area contributed by atoms with Gasteiger partial charge >= 0.3 is 12.1 Å². The first-order valence-electron chi connectivity index (χ1n) is 10.3. The molecule has 3 aromatic rings. The molecule has 4 N–H and O–H groups in total. The zero-order valence-electron chi connectivity index (χ0n) is 19.0. The lowest BCUT2D eigenvalue weighted by Crippen LogP contribution is -2.34. The minimum atomic E-state index is -4.82. The third-order valence-corrected chi connectivity index (χ3v) is 5.56. The van der Waals surface area contributed by atoms with E-state index in [1.165, 1.54) is 6.07 Å². The summed E-state index contributed by atoms with van der Waals surface area (Å²) in [5, 5.41) is 15.1. The third-order valence-electron chi connectivity index (χ3n) is 4.82. The number of fused-ring (bicyclic) bond motifs is 1. The summed E-state index contributed by atoms with van der Waals surface area (Å²) in [5.74, 6) is -4.54. The van der Waals surface area contributed by atoms with Gasteiger partial charge < -0.3 is 25.5 Å². The first-order chi connectivity index (χ1) is 16.6. The number of amides is 1. The van der Waals surface area contributed by atoms with Crippen LogP contribution in [0.15, 0.2) is 18.2 Å². The second kappa shape index (κ2) is 10.0. The van der Waals surface area contributed by atoms with E-state index in [9.17, 15) is 32.3 Å². The molecule has 0 saturated carbocycles. The number of aromatic carboxylic acids is 1. The molecular weight excluding hydrogens is 531 g/mol. The number of carbonyl (C=O) groups is 2. The van der Waals surface area contributed by atoms with Crippen LogP contribution in [0.25, 0.3) is 11.0 Å². The van der Waals surface area contributed by atoms with E-state index >= 15 is 0 Å². The smallest absolute Gasteiger partial charge is 0.422 e. The van der Waals surface area contributed by atoms with Gasteiger partial charge in [0.1, 0.15) is 11.1 Å². The van der Waals surface area contributed by atoms with Crippen molar-refractivity contribution < 1.29 is 37.0 Å². The van der Waals surface area contributed by atoms with Crippen LogP contribution in [-0.4, -0.2) is 39.7 Å². The number of H-pyrrole nitrogens is 1. The molecule has 0 spiro atoms. The van der Waals surface area contributed by atoms with E-state index in [0.717, 1.165) is 6.07 Å². The molecule has 3 rings (SSSR count). The van der Waals surface area contributed by atoms with Crippen LogP contribution in [0.3, 0.4) is 0 Å². The summed E-state index contributed by atoms with van der Waals surface area (Å²) in [6.07, 6.45) is -4.82. The Labute approximate surface area is 211 Å². The molecule has 1 heterocycles. The number of benzene rings is 2. The van der Waals surface area contributed by atoms with E-state index in [1.54, 1.807) is 26.8 Å². The summed E-state index contributed by atoms with van der Waals surface area (Å²) in [6.45, 7) is 3.42. The second-order valence-corrected chi connectivity index (χ2v) is 9.50. The monoisotopic (exact) mass is 550 g/mol. The number of rotatable bonds is 7. The lowest BCUT2D eigenvalue weighted by atomic mass is 9.95. The molecule has 14 heteroatoms. The summed E-state index contributed by atoms with van der Waals surface area (Å²) in [5.41, 5.74) is -1.41. The van der Waals surface area contributed by atoms with Crippen LogP contribution < -0.4 is 15.4 Å². The topological polar surface area (TPSA) is 116 Å². The van der Waals surface area contributed by atoms with Gasteiger partial charge in [0.25, 0.3) is 0 Å². The number of nitrogens with one attached hydrogen (secondary N) is 3. The molecule has 0 aliphatic heterocycles. The normalized spacial score (nSPS) is 12.0. The van der Waals surface area contributed by atoms with Gasteiger partial charge in [0.05, 0.1) is 21.2 Å². The fraction of sp³-hybridized carbons (Fsp3) is 0.318. The number of carboxylic acid groups (broad SMARTS) is 1. The van der Waals surface area contributed by atoms with Crippen molar-refractivity contribution in [3.63, 3.8) is 0 Å². The molecule has 0 radical (unpaired) electrons. The number of imidazole rings is 1. The van der Waals surface area contributed by atoms with Crippen LogP contribution in [0.4, 0.5) is 29.2 Å². The number of anilines is 2. The van der Waals surface area contributed by atoms with Gasteiger partial charge in [0.2, 0.25) is 11.9 Å². The molecule has 36 heavy (non-hydrogen) atoms. The van der Waals surface area contributed by atoms with Gasteiger partial charge in [-0.05, 0) is 17.7 Å². The van der Waals surface area contributed by atoms with Crippen LogP contribution in [-0.2, 0) is 11.3 Å². The van der Waals surface area contributed by atoms with Crippen LogP contribution in [0.1, 0.15) is 36.7 Å². The number of aromatic amines is 1. The predicted octanol–water partition coefficient (Wildman–Crippen LogP) is 6.05. The first kappa shape index (κ1) is 27.3. The minimum absolute atomic E-state index is 0.0808. The molecule has 0 saturated heterocycles. The van der Waals surface area contributed by atoms with Gasteiger partial charge in [0, 0.05) is 12.0 Å². The number of carbonyl (C=O) groups excluding carboxylic acids is 1. The summed E-state index contributed by atoms with van der Waals surface area (Å²) >= 11 is 12.7. The maximum atomic E-state index is 15.0. The second-order valence-electron chi connectivity index (χ2n) is 8.71. The zero-order chi connectivity index (χ0) is 27.0. The fourth-order valence-electron chi connectivity index (χ4n) is 3.01. The Kier molecular flexibility index (Phi) is 7.61. The Morgan fingerprint density at radius 3 is 2.44 bits per heavy atom. The van der Waals surface area contributed by atoms with E-state index < -0.39 is 46.8 Å². The van der Waals surface area contributed by atoms with Gasteiger partial charge in [0.15, 0.2) is 18.2 Å². The number of halogens is 6. The molecule has 1 amide bonds. The summed E-state index contributed by atoms with van der Waals surface area (Å²) < 4.78 is 57.0. The minimum Gasteiger partial charge on any atom is -0.480 e. The molecule has 0 unspecified atom stereocenters. The van der Waals surface area contributed by atoms with Crippen molar-refractivity contribution in [3.8, 4) is 5.75 Å². The summed E-state index contributed by atoms with van der Waals surface area (Å²) in [6, 6.07) is 4.00. The van der Waals surface area contributed by atoms with E-state index in [1.807, 2.05) is 0 Å². The van der Waals surface area contributed by atoms with Crippen molar-refractivity contribution in [1.82, 2.24) is 15.3 Å².